The predicted molar refractivity (Wildman–Crippen MR) is 70.7 cm³/mol. The fourth-order valence-corrected chi connectivity index (χ4v) is 3.55. The molecule has 21 heavy (non-hydrogen) atoms. The van der Waals surface area contributed by atoms with Crippen molar-refractivity contribution in [2.45, 2.75) is 17.3 Å². The first-order valence-corrected chi connectivity index (χ1v) is 7.81. The maximum atomic E-state index is 12.0. The predicted octanol–water partition coefficient (Wildman–Crippen LogP) is -0.226. The Hall–Kier alpha value is -2.29. The lowest BCUT2D eigenvalue weighted by molar-refractivity contribution is -0.137. The number of thiophene rings is 1. The minimum atomic E-state index is -3.74. The summed E-state index contributed by atoms with van der Waals surface area (Å²) < 4.78 is 27.3. The van der Waals surface area contributed by atoms with Crippen molar-refractivity contribution in [1.82, 2.24) is 19.7 Å². The minimum absolute atomic E-state index is 0.0250. The third-order valence-electron chi connectivity index (χ3n) is 2.28. The number of rotatable bonds is 6. The second kappa shape index (κ2) is 6.00. The molecule has 0 aromatic carbocycles. The number of sulfonamides is 1. The molecule has 0 aliphatic rings. The van der Waals surface area contributed by atoms with Gasteiger partial charge >= 0.3 is 5.97 Å². The third-order valence-corrected chi connectivity index (χ3v) is 5.17. The Labute approximate surface area is 123 Å². The highest BCUT2D eigenvalue weighted by Gasteiger charge is 2.17. The van der Waals surface area contributed by atoms with E-state index >= 15 is 0 Å². The summed E-state index contributed by atoms with van der Waals surface area (Å²) in [5, 5.41) is 24.5. The van der Waals surface area contributed by atoms with Gasteiger partial charge in [-0.2, -0.15) is 5.26 Å². The Kier molecular flexibility index (Phi) is 4.32. The number of nitrogens with one attached hydrogen (secondary N) is 1. The van der Waals surface area contributed by atoms with E-state index in [1.165, 1.54) is 18.3 Å². The highest BCUT2D eigenvalue weighted by Crippen LogP contribution is 2.20. The fraction of sp³-hybridized carbons (Fsp3) is 0.200. The van der Waals surface area contributed by atoms with Crippen LogP contribution in [0.1, 0.15) is 10.6 Å². The number of hydrogen-bond donors (Lipinski definition) is 2. The molecule has 0 aliphatic heterocycles. The second-order valence-corrected chi connectivity index (χ2v) is 6.93. The molecule has 0 spiro atoms. The van der Waals surface area contributed by atoms with E-state index in [2.05, 4.69) is 15.0 Å². The van der Waals surface area contributed by atoms with Gasteiger partial charge in [-0.25, -0.2) is 17.8 Å². The summed E-state index contributed by atoms with van der Waals surface area (Å²) in [6.45, 7) is -0.474. The van der Waals surface area contributed by atoms with Gasteiger partial charge in [-0.3, -0.25) is 4.79 Å². The molecule has 0 fully saturated rings. The van der Waals surface area contributed by atoms with Crippen molar-refractivity contribution in [3.05, 3.63) is 28.9 Å². The van der Waals surface area contributed by atoms with Crippen LogP contribution in [0.5, 0.6) is 0 Å². The molecule has 9 nitrogen and oxygen atoms in total. The average molecular weight is 327 g/mol. The molecule has 2 aromatic rings. The largest absolute Gasteiger partial charge is 0.480 e. The number of hydrogen-bond acceptors (Lipinski definition) is 7. The van der Waals surface area contributed by atoms with Crippen LogP contribution in [-0.2, 0) is 27.9 Å². The zero-order valence-corrected chi connectivity index (χ0v) is 12.1. The van der Waals surface area contributed by atoms with Crippen LogP contribution in [0.15, 0.2) is 22.5 Å². The molecule has 2 heterocycles. The van der Waals surface area contributed by atoms with Gasteiger partial charge in [0.05, 0.1) is 18.4 Å². The molecule has 0 saturated heterocycles. The highest BCUT2D eigenvalue weighted by molar-refractivity contribution is 7.91. The van der Waals surface area contributed by atoms with Crippen LogP contribution >= 0.6 is 11.3 Å². The van der Waals surface area contributed by atoms with Crippen LogP contribution in [0.3, 0.4) is 0 Å². The molecule has 0 radical (unpaired) electrons. The van der Waals surface area contributed by atoms with Crippen LogP contribution in [0.25, 0.3) is 0 Å². The number of aromatic nitrogens is 3. The molecule has 2 aromatic heterocycles. The first-order chi connectivity index (χ1) is 9.90. The normalized spacial score (nSPS) is 11.2. The van der Waals surface area contributed by atoms with E-state index in [-0.39, 0.29) is 23.0 Å². The standard InChI is InChI=1S/C10H9N5O4S2/c11-3-8-1-2-10(20-8)21(18,19)12-4-7-5-15(14-13-7)6-9(16)17/h1-2,5,12H,4,6H2,(H,16,17). The Bertz CT molecular complexity index is 802. The van der Waals surface area contributed by atoms with Gasteiger partial charge in [0.25, 0.3) is 0 Å². The molecule has 2 rings (SSSR count). The molecule has 0 atom stereocenters. The number of carbonyl (C=O) groups is 1. The molecule has 0 saturated carbocycles. The smallest absolute Gasteiger partial charge is 0.325 e. The summed E-state index contributed by atoms with van der Waals surface area (Å²) in [7, 11) is -3.74. The quantitative estimate of drug-likeness (QED) is 0.747. The Morgan fingerprint density at radius 1 is 1.52 bits per heavy atom. The van der Waals surface area contributed by atoms with Crippen molar-refractivity contribution < 1.29 is 18.3 Å². The van der Waals surface area contributed by atoms with Crippen molar-refractivity contribution in [2.24, 2.45) is 0 Å². The van der Waals surface area contributed by atoms with Crippen molar-refractivity contribution in [3.63, 3.8) is 0 Å². The van der Waals surface area contributed by atoms with Crippen molar-refractivity contribution >= 4 is 27.3 Å². The van der Waals surface area contributed by atoms with E-state index in [4.69, 9.17) is 10.4 Å². The summed E-state index contributed by atoms with van der Waals surface area (Å²) in [4.78, 5) is 10.8. The highest BCUT2D eigenvalue weighted by atomic mass is 32.2. The summed E-state index contributed by atoms with van der Waals surface area (Å²) in [5.41, 5.74) is 0.289. The number of nitrogens with zero attached hydrogens (tertiary/aromatic N) is 4. The van der Waals surface area contributed by atoms with Gasteiger partial charge in [0.1, 0.15) is 21.7 Å². The van der Waals surface area contributed by atoms with Gasteiger partial charge in [-0.15, -0.1) is 16.4 Å². The van der Waals surface area contributed by atoms with Crippen LogP contribution in [0.4, 0.5) is 0 Å². The molecule has 0 aliphatic carbocycles. The maximum Gasteiger partial charge on any atom is 0.325 e. The SMILES string of the molecule is N#Cc1ccc(S(=O)(=O)NCc2cn(CC(=O)O)nn2)s1. The summed E-state index contributed by atoms with van der Waals surface area (Å²) in [6.07, 6.45) is 1.34. The topological polar surface area (TPSA) is 138 Å². The van der Waals surface area contributed by atoms with Crippen LogP contribution in [-0.4, -0.2) is 34.5 Å². The zero-order chi connectivity index (χ0) is 15.5. The summed E-state index contributed by atoms with van der Waals surface area (Å²) in [6, 6.07) is 4.62. The van der Waals surface area contributed by atoms with E-state index in [1.54, 1.807) is 0 Å². The van der Waals surface area contributed by atoms with E-state index in [0.717, 1.165) is 16.0 Å². The zero-order valence-electron chi connectivity index (χ0n) is 10.4. The van der Waals surface area contributed by atoms with Gasteiger partial charge in [0.15, 0.2) is 0 Å². The van der Waals surface area contributed by atoms with Gasteiger partial charge < -0.3 is 5.11 Å². The molecular formula is C10H9N5O4S2. The van der Waals surface area contributed by atoms with E-state index in [1.807, 2.05) is 6.07 Å². The van der Waals surface area contributed by atoms with Crippen molar-refractivity contribution in [3.8, 4) is 6.07 Å². The number of carboxylic acids is 1. The lowest BCUT2D eigenvalue weighted by Gasteiger charge is -2.01. The number of carboxylic acid groups (broad SMARTS) is 1. The van der Waals surface area contributed by atoms with E-state index in [9.17, 15) is 13.2 Å². The van der Waals surface area contributed by atoms with Gasteiger partial charge in [0, 0.05) is 0 Å². The number of nitriles is 1. The second-order valence-electron chi connectivity index (χ2n) is 3.86. The van der Waals surface area contributed by atoms with Crippen LogP contribution < -0.4 is 4.72 Å². The molecule has 11 heteroatoms. The average Bonchev–Trinajstić information content (AvgIpc) is 3.04. The first kappa shape index (κ1) is 15.1. The molecule has 2 N–H and O–H groups in total. The van der Waals surface area contributed by atoms with E-state index < -0.39 is 16.0 Å². The third kappa shape index (κ3) is 3.85. The summed E-state index contributed by atoms with van der Waals surface area (Å²) >= 11 is 0.858. The van der Waals surface area contributed by atoms with Gasteiger partial charge in [0.2, 0.25) is 10.0 Å². The fourth-order valence-electron chi connectivity index (χ4n) is 1.40. The minimum Gasteiger partial charge on any atom is -0.480 e. The molecule has 0 unspecified atom stereocenters. The Morgan fingerprint density at radius 3 is 2.90 bits per heavy atom. The molecule has 0 amide bonds. The molecular weight excluding hydrogens is 318 g/mol. The molecule has 0 bridgehead atoms. The lowest BCUT2D eigenvalue weighted by atomic mass is 10.5. The monoisotopic (exact) mass is 327 g/mol. The Morgan fingerprint density at radius 2 is 2.29 bits per heavy atom. The van der Waals surface area contributed by atoms with Gasteiger partial charge in [-0.1, -0.05) is 5.21 Å². The lowest BCUT2D eigenvalue weighted by Crippen LogP contribution is -2.22. The number of aliphatic carboxylic acids is 1. The van der Waals surface area contributed by atoms with Crippen LogP contribution in [0.2, 0.25) is 0 Å². The molecule has 110 valence electrons. The van der Waals surface area contributed by atoms with Crippen molar-refractivity contribution in [2.75, 3.05) is 0 Å². The van der Waals surface area contributed by atoms with Crippen LogP contribution in [0, 0.1) is 11.3 Å². The first-order valence-electron chi connectivity index (χ1n) is 5.51. The summed E-state index contributed by atoms with van der Waals surface area (Å²) in [5.74, 6) is -1.07. The van der Waals surface area contributed by atoms with Gasteiger partial charge in [-0.05, 0) is 12.1 Å². The van der Waals surface area contributed by atoms with Crippen molar-refractivity contribution in [1.29, 1.82) is 5.26 Å². The Balaban J connectivity index is 2.03. The maximum absolute atomic E-state index is 12.0. The van der Waals surface area contributed by atoms with E-state index in [0.29, 0.717) is 4.88 Å².